The second-order valence-corrected chi connectivity index (χ2v) is 5.13. The molecule has 1 unspecified atom stereocenters. The van der Waals surface area contributed by atoms with Crippen LogP contribution in [0.15, 0.2) is 18.2 Å². The number of nitrogens with one attached hydrogen (secondary N) is 1. The Hall–Kier alpha value is -0.600. The van der Waals surface area contributed by atoms with Crippen molar-refractivity contribution in [2.75, 3.05) is 6.54 Å². The molecule has 1 N–H and O–H groups in total. The summed E-state index contributed by atoms with van der Waals surface area (Å²) in [6.07, 6.45) is 3.52. The van der Waals surface area contributed by atoms with Gasteiger partial charge in [-0.2, -0.15) is 0 Å². The van der Waals surface area contributed by atoms with Crippen molar-refractivity contribution in [3.8, 4) is 0 Å². The lowest BCUT2D eigenvalue weighted by Gasteiger charge is -2.13. The molecule has 1 aromatic rings. The predicted octanol–water partition coefficient (Wildman–Crippen LogP) is 3.41. The quantitative estimate of drug-likeness (QED) is 0.833. The third kappa shape index (κ3) is 3.46. The Morgan fingerprint density at radius 3 is 2.88 bits per heavy atom. The molecule has 1 nitrogen and oxygen atoms in total. The Bertz CT molecular complexity index is 363. The lowest BCUT2D eigenvalue weighted by molar-refractivity contribution is 0.508. The van der Waals surface area contributed by atoms with Crippen LogP contribution in [0.2, 0.25) is 5.02 Å². The molecule has 0 bridgehead atoms. The molecule has 1 aromatic carbocycles. The first kappa shape index (κ1) is 11.9. The molecular weight excluding hydrogens is 225 g/mol. The Labute approximate surface area is 101 Å². The van der Waals surface area contributed by atoms with Gasteiger partial charge in [0.1, 0.15) is 5.82 Å². The van der Waals surface area contributed by atoms with E-state index in [1.54, 1.807) is 6.07 Å². The second-order valence-electron chi connectivity index (χ2n) is 4.73. The standard InChI is InChI=1S/C13H17ClFN/c1-9(8-16-12-4-5-12)6-10-2-3-11(15)7-13(10)14/h2-3,7,9,12,16H,4-6,8H2,1H3. The average Bonchev–Trinajstić information content (AvgIpc) is 3.03. The van der Waals surface area contributed by atoms with Crippen molar-refractivity contribution in [1.29, 1.82) is 0 Å². The van der Waals surface area contributed by atoms with Crippen molar-refractivity contribution in [2.24, 2.45) is 5.92 Å². The predicted molar refractivity (Wildman–Crippen MR) is 65.3 cm³/mol. The molecule has 2 rings (SSSR count). The third-order valence-electron chi connectivity index (χ3n) is 2.92. The molecular formula is C13H17ClFN. The molecule has 1 atom stereocenters. The van der Waals surface area contributed by atoms with Crippen LogP contribution in [-0.2, 0) is 6.42 Å². The van der Waals surface area contributed by atoms with E-state index in [1.165, 1.54) is 25.0 Å². The highest BCUT2D eigenvalue weighted by Gasteiger charge is 2.21. The first-order valence-corrected chi connectivity index (χ1v) is 6.20. The van der Waals surface area contributed by atoms with Crippen LogP contribution in [0.4, 0.5) is 4.39 Å². The smallest absolute Gasteiger partial charge is 0.124 e. The van der Waals surface area contributed by atoms with Crippen LogP contribution in [0, 0.1) is 11.7 Å². The van der Waals surface area contributed by atoms with Crippen LogP contribution in [-0.4, -0.2) is 12.6 Å². The minimum atomic E-state index is -0.266. The Kier molecular flexibility index (Phi) is 3.82. The van der Waals surface area contributed by atoms with Gasteiger partial charge in [0.05, 0.1) is 0 Å². The molecule has 0 amide bonds. The van der Waals surface area contributed by atoms with E-state index in [0.29, 0.717) is 10.9 Å². The van der Waals surface area contributed by atoms with Gasteiger partial charge in [0, 0.05) is 11.1 Å². The third-order valence-corrected chi connectivity index (χ3v) is 3.27. The van der Waals surface area contributed by atoms with Crippen molar-refractivity contribution < 1.29 is 4.39 Å². The minimum absolute atomic E-state index is 0.266. The van der Waals surface area contributed by atoms with Crippen LogP contribution < -0.4 is 5.32 Å². The molecule has 1 aliphatic carbocycles. The molecule has 0 aromatic heterocycles. The van der Waals surface area contributed by atoms with Crippen LogP contribution in [0.1, 0.15) is 25.3 Å². The number of halogens is 2. The molecule has 1 aliphatic rings. The first-order chi connectivity index (χ1) is 7.65. The van der Waals surface area contributed by atoms with E-state index in [-0.39, 0.29) is 5.82 Å². The van der Waals surface area contributed by atoms with Gasteiger partial charge in [0.25, 0.3) is 0 Å². The lowest BCUT2D eigenvalue weighted by Crippen LogP contribution is -2.24. The maximum atomic E-state index is 12.9. The van der Waals surface area contributed by atoms with Gasteiger partial charge in [0.15, 0.2) is 0 Å². The number of hydrogen-bond donors (Lipinski definition) is 1. The molecule has 16 heavy (non-hydrogen) atoms. The molecule has 1 fully saturated rings. The van der Waals surface area contributed by atoms with E-state index >= 15 is 0 Å². The van der Waals surface area contributed by atoms with E-state index in [0.717, 1.165) is 24.6 Å². The highest BCUT2D eigenvalue weighted by molar-refractivity contribution is 6.31. The molecule has 0 spiro atoms. The molecule has 0 saturated heterocycles. The highest BCUT2D eigenvalue weighted by atomic mass is 35.5. The minimum Gasteiger partial charge on any atom is -0.314 e. The molecule has 0 aliphatic heterocycles. The summed E-state index contributed by atoms with van der Waals surface area (Å²) in [7, 11) is 0. The van der Waals surface area contributed by atoms with Gasteiger partial charge < -0.3 is 5.32 Å². The second kappa shape index (κ2) is 5.15. The summed E-state index contributed by atoms with van der Waals surface area (Å²) >= 11 is 5.99. The van der Waals surface area contributed by atoms with Gasteiger partial charge in [-0.05, 0) is 49.4 Å². The summed E-state index contributed by atoms with van der Waals surface area (Å²) in [5, 5.41) is 4.03. The van der Waals surface area contributed by atoms with Gasteiger partial charge in [-0.15, -0.1) is 0 Å². The molecule has 3 heteroatoms. The molecule has 0 radical (unpaired) electrons. The van der Waals surface area contributed by atoms with Crippen molar-refractivity contribution in [3.63, 3.8) is 0 Å². The lowest BCUT2D eigenvalue weighted by atomic mass is 10.0. The first-order valence-electron chi connectivity index (χ1n) is 5.82. The van der Waals surface area contributed by atoms with Crippen molar-refractivity contribution >= 4 is 11.6 Å². The fourth-order valence-electron chi connectivity index (χ4n) is 1.79. The summed E-state index contributed by atoms with van der Waals surface area (Å²) in [6.45, 7) is 3.20. The number of benzene rings is 1. The Morgan fingerprint density at radius 2 is 2.25 bits per heavy atom. The average molecular weight is 242 g/mol. The molecule has 0 heterocycles. The molecule has 88 valence electrons. The van der Waals surface area contributed by atoms with Crippen molar-refractivity contribution in [2.45, 2.75) is 32.2 Å². The van der Waals surface area contributed by atoms with Crippen LogP contribution >= 0.6 is 11.6 Å². The normalized spacial score (nSPS) is 17.4. The van der Waals surface area contributed by atoms with Gasteiger partial charge >= 0.3 is 0 Å². The monoisotopic (exact) mass is 241 g/mol. The van der Waals surface area contributed by atoms with Gasteiger partial charge in [-0.25, -0.2) is 4.39 Å². The largest absolute Gasteiger partial charge is 0.314 e. The Balaban J connectivity index is 1.86. The van der Waals surface area contributed by atoms with Gasteiger partial charge in [-0.1, -0.05) is 24.6 Å². The summed E-state index contributed by atoms with van der Waals surface area (Å²) in [5.41, 5.74) is 1.04. The SMILES string of the molecule is CC(CNC1CC1)Cc1ccc(F)cc1Cl. The summed E-state index contributed by atoms with van der Waals surface area (Å²) < 4.78 is 12.9. The summed E-state index contributed by atoms with van der Waals surface area (Å²) in [4.78, 5) is 0. The van der Waals surface area contributed by atoms with Crippen LogP contribution in [0.5, 0.6) is 0 Å². The number of hydrogen-bond acceptors (Lipinski definition) is 1. The van der Waals surface area contributed by atoms with E-state index < -0.39 is 0 Å². The zero-order valence-electron chi connectivity index (χ0n) is 9.47. The van der Waals surface area contributed by atoms with E-state index in [2.05, 4.69) is 12.2 Å². The maximum absolute atomic E-state index is 12.9. The van der Waals surface area contributed by atoms with E-state index in [1.807, 2.05) is 0 Å². The highest BCUT2D eigenvalue weighted by Crippen LogP contribution is 2.22. The van der Waals surface area contributed by atoms with Gasteiger partial charge in [0.2, 0.25) is 0 Å². The van der Waals surface area contributed by atoms with E-state index in [4.69, 9.17) is 11.6 Å². The summed E-state index contributed by atoms with van der Waals surface area (Å²) in [6, 6.07) is 5.39. The molecule has 1 saturated carbocycles. The fourth-order valence-corrected chi connectivity index (χ4v) is 2.03. The van der Waals surface area contributed by atoms with E-state index in [9.17, 15) is 4.39 Å². The van der Waals surface area contributed by atoms with Crippen LogP contribution in [0.3, 0.4) is 0 Å². The zero-order chi connectivity index (χ0) is 11.5. The maximum Gasteiger partial charge on any atom is 0.124 e. The Morgan fingerprint density at radius 1 is 1.50 bits per heavy atom. The topological polar surface area (TPSA) is 12.0 Å². The van der Waals surface area contributed by atoms with Crippen molar-refractivity contribution in [1.82, 2.24) is 5.32 Å². The van der Waals surface area contributed by atoms with Crippen molar-refractivity contribution in [3.05, 3.63) is 34.6 Å². The van der Waals surface area contributed by atoms with Gasteiger partial charge in [-0.3, -0.25) is 0 Å². The summed E-state index contributed by atoms with van der Waals surface area (Å²) in [5.74, 6) is 0.265. The fraction of sp³-hybridized carbons (Fsp3) is 0.538. The number of rotatable bonds is 5. The zero-order valence-corrected chi connectivity index (χ0v) is 10.2. The van der Waals surface area contributed by atoms with Crippen LogP contribution in [0.25, 0.3) is 0 Å².